The van der Waals surface area contributed by atoms with Crippen molar-refractivity contribution in [2.24, 2.45) is 0 Å². The molecule has 0 amide bonds. The van der Waals surface area contributed by atoms with E-state index in [2.05, 4.69) is 38.7 Å². The summed E-state index contributed by atoms with van der Waals surface area (Å²) in [5, 5.41) is 10.1. The number of para-hydroxylation sites is 1. The van der Waals surface area contributed by atoms with E-state index in [1.165, 1.54) is 5.56 Å². The van der Waals surface area contributed by atoms with E-state index in [1.54, 1.807) is 0 Å². The summed E-state index contributed by atoms with van der Waals surface area (Å²) in [4.78, 5) is 2.20. The van der Waals surface area contributed by atoms with Gasteiger partial charge in [-0.05, 0) is 37.1 Å². The molecule has 0 bridgehead atoms. The largest absolute Gasteiger partial charge is 0.491 e. The van der Waals surface area contributed by atoms with Gasteiger partial charge in [0.2, 0.25) is 0 Å². The van der Waals surface area contributed by atoms with Crippen molar-refractivity contribution in [3.63, 3.8) is 0 Å². The molecule has 2 atom stereocenters. The van der Waals surface area contributed by atoms with Crippen LogP contribution >= 0.6 is 0 Å². The third-order valence-electron chi connectivity index (χ3n) is 3.86. The van der Waals surface area contributed by atoms with Gasteiger partial charge in [-0.1, -0.05) is 45.9 Å². The van der Waals surface area contributed by atoms with Crippen LogP contribution in [0.5, 0.6) is 5.75 Å². The highest BCUT2D eigenvalue weighted by Crippen LogP contribution is 2.28. The molecule has 0 saturated carbocycles. The van der Waals surface area contributed by atoms with Crippen molar-refractivity contribution in [2.45, 2.75) is 46.1 Å². The number of nitrogens with zero attached hydrogens (tertiary/aromatic N) is 1. The normalized spacial score (nSPS) is 14.3. The second-order valence-corrected chi connectivity index (χ2v) is 5.30. The molecule has 0 fully saturated rings. The Kier molecular flexibility index (Phi) is 7.63. The summed E-state index contributed by atoms with van der Waals surface area (Å²) in [6.07, 6.45) is 0.641. The predicted octanol–water partition coefficient (Wildman–Crippen LogP) is 3.28. The van der Waals surface area contributed by atoms with Gasteiger partial charge < -0.3 is 14.7 Å². The maximum atomic E-state index is 10.1. The van der Waals surface area contributed by atoms with Crippen molar-refractivity contribution in [3.05, 3.63) is 29.8 Å². The number of aliphatic hydroxyl groups excluding tert-OH is 1. The first-order valence-electron chi connectivity index (χ1n) is 7.74. The molecular weight excluding hydrogens is 250 g/mol. The molecule has 0 aromatic heterocycles. The molecule has 1 N–H and O–H groups in total. The fraction of sp³-hybridized carbons (Fsp3) is 0.647. The van der Waals surface area contributed by atoms with Gasteiger partial charge >= 0.3 is 0 Å². The molecule has 20 heavy (non-hydrogen) atoms. The molecule has 1 aromatic rings. The van der Waals surface area contributed by atoms with Gasteiger partial charge in [-0.15, -0.1) is 0 Å². The lowest BCUT2D eigenvalue weighted by atomic mass is 9.98. The highest BCUT2D eigenvalue weighted by atomic mass is 16.5. The summed E-state index contributed by atoms with van der Waals surface area (Å²) in [5.74, 6) is 1.38. The molecule has 3 nitrogen and oxygen atoms in total. The molecule has 0 heterocycles. The Hall–Kier alpha value is -1.06. The Bertz CT molecular complexity index is 377. The standard InChI is InChI=1S/C17H29NO2/c1-5-14(4)16-10-8-9-11-17(16)20-13-15(19)12-18(6-2)7-3/h8-11,14-15,19H,5-7,12-13H2,1-4H3. The summed E-state index contributed by atoms with van der Waals surface area (Å²) < 4.78 is 5.84. The molecule has 0 aliphatic rings. The lowest BCUT2D eigenvalue weighted by molar-refractivity contribution is 0.0711. The average molecular weight is 279 g/mol. The van der Waals surface area contributed by atoms with E-state index >= 15 is 0 Å². The first kappa shape index (κ1) is 17.0. The van der Waals surface area contributed by atoms with Crippen LogP contribution in [0.1, 0.15) is 45.6 Å². The van der Waals surface area contributed by atoms with Crippen molar-refractivity contribution >= 4 is 0 Å². The van der Waals surface area contributed by atoms with Crippen LogP contribution in [0.25, 0.3) is 0 Å². The van der Waals surface area contributed by atoms with Gasteiger partial charge in [0.05, 0.1) is 0 Å². The van der Waals surface area contributed by atoms with Crippen LogP contribution in [0, 0.1) is 0 Å². The number of hydrogen-bond donors (Lipinski definition) is 1. The van der Waals surface area contributed by atoms with Crippen molar-refractivity contribution in [3.8, 4) is 5.75 Å². The summed E-state index contributed by atoms with van der Waals surface area (Å²) in [6.45, 7) is 11.5. The minimum atomic E-state index is -0.445. The van der Waals surface area contributed by atoms with Gasteiger partial charge in [-0.25, -0.2) is 0 Å². The monoisotopic (exact) mass is 279 g/mol. The molecule has 1 rings (SSSR count). The van der Waals surface area contributed by atoms with Gasteiger partial charge in [0.1, 0.15) is 18.5 Å². The summed E-state index contributed by atoms with van der Waals surface area (Å²) in [7, 11) is 0. The van der Waals surface area contributed by atoms with E-state index in [0.717, 1.165) is 25.3 Å². The highest BCUT2D eigenvalue weighted by molar-refractivity contribution is 5.35. The SMILES string of the molecule is CCC(C)c1ccccc1OCC(O)CN(CC)CC. The van der Waals surface area contributed by atoms with Crippen molar-refractivity contribution < 1.29 is 9.84 Å². The number of hydrogen-bond acceptors (Lipinski definition) is 3. The minimum Gasteiger partial charge on any atom is -0.491 e. The first-order chi connectivity index (χ1) is 9.62. The molecule has 0 spiro atoms. The van der Waals surface area contributed by atoms with Crippen LogP contribution in [0.4, 0.5) is 0 Å². The minimum absolute atomic E-state index is 0.351. The number of rotatable bonds is 9. The zero-order chi connectivity index (χ0) is 15.0. The van der Waals surface area contributed by atoms with Gasteiger partial charge in [0.15, 0.2) is 0 Å². The Morgan fingerprint density at radius 2 is 1.80 bits per heavy atom. The zero-order valence-electron chi connectivity index (χ0n) is 13.3. The maximum absolute atomic E-state index is 10.1. The number of benzene rings is 1. The quantitative estimate of drug-likeness (QED) is 0.753. The fourth-order valence-corrected chi connectivity index (χ4v) is 2.26. The summed E-state index contributed by atoms with van der Waals surface area (Å²) in [5.41, 5.74) is 1.23. The summed E-state index contributed by atoms with van der Waals surface area (Å²) >= 11 is 0. The Morgan fingerprint density at radius 1 is 1.15 bits per heavy atom. The molecule has 2 unspecified atom stereocenters. The molecule has 0 saturated heterocycles. The topological polar surface area (TPSA) is 32.7 Å². The molecule has 0 aliphatic heterocycles. The van der Waals surface area contributed by atoms with Crippen LogP contribution in [0.2, 0.25) is 0 Å². The van der Waals surface area contributed by atoms with E-state index in [0.29, 0.717) is 19.1 Å². The maximum Gasteiger partial charge on any atom is 0.122 e. The van der Waals surface area contributed by atoms with Crippen LogP contribution in [0.3, 0.4) is 0 Å². The lowest BCUT2D eigenvalue weighted by Gasteiger charge is -2.23. The highest BCUT2D eigenvalue weighted by Gasteiger charge is 2.13. The van der Waals surface area contributed by atoms with Gasteiger partial charge in [-0.3, -0.25) is 0 Å². The summed E-state index contributed by atoms with van der Waals surface area (Å²) in [6, 6.07) is 8.13. The number of likely N-dealkylation sites (N-methyl/N-ethyl adjacent to an activating group) is 1. The molecule has 0 radical (unpaired) electrons. The molecule has 3 heteroatoms. The first-order valence-corrected chi connectivity index (χ1v) is 7.74. The molecular formula is C17H29NO2. The van der Waals surface area contributed by atoms with Crippen molar-refractivity contribution in [2.75, 3.05) is 26.2 Å². The number of ether oxygens (including phenoxy) is 1. The van der Waals surface area contributed by atoms with Crippen LogP contribution < -0.4 is 4.74 Å². The fourth-order valence-electron chi connectivity index (χ4n) is 2.26. The van der Waals surface area contributed by atoms with Crippen LogP contribution in [0.15, 0.2) is 24.3 Å². The second kappa shape index (κ2) is 8.98. The second-order valence-electron chi connectivity index (χ2n) is 5.30. The van der Waals surface area contributed by atoms with Gasteiger partial charge in [-0.2, -0.15) is 0 Å². The Morgan fingerprint density at radius 3 is 2.40 bits per heavy atom. The third-order valence-corrected chi connectivity index (χ3v) is 3.86. The Balaban J connectivity index is 2.57. The van der Waals surface area contributed by atoms with E-state index in [-0.39, 0.29) is 0 Å². The molecule has 0 aliphatic carbocycles. The van der Waals surface area contributed by atoms with Gasteiger partial charge in [0, 0.05) is 6.54 Å². The lowest BCUT2D eigenvalue weighted by Crippen LogP contribution is -2.35. The van der Waals surface area contributed by atoms with E-state index in [1.807, 2.05) is 18.2 Å². The predicted molar refractivity (Wildman–Crippen MR) is 84.4 cm³/mol. The van der Waals surface area contributed by atoms with E-state index < -0.39 is 6.10 Å². The van der Waals surface area contributed by atoms with Crippen molar-refractivity contribution in [1.29, 1.82) is 0 Å². The van der Waals surface area contributed by atoms with Crippen LogP contribution in [-0.4, -0.2) is 42.4 Å². The van der Waals surface area contributed by atoms with E-state index in [9.17, 15) is 5.11 Å². The zero-order valence-corrected chi connectivity index (χ0v) is 13.3. The molecule has 114 valence electrons. The third kappa shape index (κ3) is 5.14. The van der Waals surface area contributed by atoms with Crippen LogP contribution in [-0.2, 0) is 0 Å². The van der Waals surface area contributed by atoms with Crippen molar-refractivity contribution in [1.82, 2.24) is 4.90 Å². The van der Waals surface area contributed by atoms with Gasteiger partial charge in [0.25, 0.3) is 0 Å². The average Bonchev–Trinajstić information content (AvgIpc) is 2.50. The van der Waals surface area contributed by atoms with E-state index in [4.69, 9.17) is 4.74 Å². The molecule has 1 aromatic carbocycles. The Labute approximate surface area is 123 Å². The smallest absolute Gasteiger partial charge is 0.122 e. The number of aliphatic hydroxyl groups is 1.